The average molecular weight is 292 g/mol. The zero-order valence-electron chi connectivity index (χ0n) is 13.1. The fourth-order valence-corrected chi connectivity index (χ4v) is 5.08. The van der Waals surface area contributed by atoms with Crippen molar-refractivity contribution in [2.45, 2.75) is 95.2 Å². The van der Waals surface area contributed by atoms with Gasteiger partial charge in [0.25, 0.3) is 0 Å². The summed E-state index contributed by atoms with van der Waals surface area (Å²) in [6, 6.07) is 0.399. The highest BCUT2D eigenvalue weighted by atomic mass is 16.5. The van der Waals surface area contributed by atoms with E-state index in [1.165, 1.54) is 32.1 Å². The zero-order chi connectivity index (χ0) is 14.4. The van der Waals surface area contributed by atoms with Crippen molar-refractivity contribution in [1.82, 2.24) is 10.2 Å². The number of carbonyl (C=O) groups is 1. The number of nitrogens with one attached hydrogen (secondary N) is 1. The summed E-state index contributed by atoms with van der Waals surface area (Å²) in [7, 11) is 0. The van der Waals surface area contributed by atoms with Gasteiger partial charge in [0, 0.05) is 0 Å². The van der Waals surface area contributed by atoms with Gasteiger partial charge in [-0.1, -0.05) is 26.2 Å². The van der Waals surface area contributed by atoms with Gasteiger partial charge >= 0.3 is 0 Å². The summed E-state index contributed by atoms with van der Waals surface area (Å²) in [5, 5.41) is 3.69. The molecule has 3 aliphatic heterocycles. The minimum atomic E-state index is 0.0553. The molecule has 0 radical (unpaired) electrons. The van der Waals surface area contributed by atoms with Crippen LogP contribution >= 0.6 is 0 Å². The largest absolute Gasteiger partial charge is 0.373 e. The topological polar surface area (TPSA) is 41.6 Å². The van der Waals surface area contributed by atoms with Crippen molar-refractivity contribution in [2.75, 3.05) is 0 Å². The molecule has 3 heterocycles. The molecule has 0 aromatic heterocycles. The van der Waals surface area contributed by atoms with Crippen molar-refractivity contribution in [1.29, 1.82) is 0 Å². The molecule has 0 aromatic rings. The Morgan fingerprint density at radius 1 is 1.24 bits per heavy atom. The predicted octanol–water partition coefficient (Wildman–Crippen LogP) is 2.42. The number of ether oxygens (including phenoxy) is 1. The third-order valence-electron chi connectivity index (χ3n) is 6.08. The van der Waals surface area contributed by atoms with Gasteiger partial charge in [-0.2, -0.15) is 0 Å². The van der Waals surface area contributed by atoms with Crippen molar-refractivity contribution in [3.63, 3.8) is 0 Å². The minimum Gasteiger partial charge on any atom is -0.373 e. The number of carbonyl (C=O) groups excluding carboxylic acids is 1. The Kier molecular flexibility index (Phi) is 3.70. The SMILES string of the molecule is CCCC1NC(C2CCCC2)N(C2CC3CCC2O3)C1=O. The van der Waals surface area contributed by atoms with E-state index in [0.29, 0.717) is 30.1 Å². The summed E-state index contributed by atoms with van der Waals surface area (Å²) in [6.07, 6.45) is 11.7. The van der Waals surface area contributed by atoms with E-state index < -0.39 is 0 Å². The van der Waals surface area contributed by atoms with Crippen LogP contribution in [0.3, 0.4) is 0 Å². The van der Waals surface area contributed by atoms with Crippen LogP contribution < -0.4 is 5.32 Å². The van der Waals surface area contributed by atoms with E-state index in [1.54, 1.807) is 0 Å². The summed E-state index contributed by atoms with van der Waals surface area (Å²) in [5.74, 6) is 1.02. The fraction of sp³-hybridized carbons (Fsp3) is 0.941. The molecule has 0 spiro atoms. The van der Waals surface area contributed by atoms with Crippen LogP contribution in [0.15, 0.2) is 0 Å². The van der Waals surface area contributed by atoms with Gasteiger partial charge in [0.1, 0.15) is 0 Å². The average Bonchev–Trinajstić information content (AvgIpc) is 3.22. The molecule has 1 aliphatic carbocycles. The summed E-state index contributed by atoms with van der Waals surface area (Å²) in [4.78, 5) is 15.2. The molecule has 4 nitrogen and oxygen atoms in total. The first-order valence-electron chi connectivity index (χ1n) is 9.01. The Morgan fingerprint density at radius 2 is 2.05 bits per heavy atom. The summed E-state index contributed by atoms with van der Waals surface area (Å²) < 4.78 is 6.03. The molecule has 4 fully saturated rings. The third-order valence-corrected chi connectivity index (χ3v) is 6.08. The van der Waals surface area contributed by atoms with Crippen LogP contribution in [0, 0.1) is 5.92 Å². The van der Waals surface area contributed by atoms with Gasteiger partial charge in [-0.25, -0.2) is 0 Å². The van der Waals surface area contributed by atoms with Crippen LogP contribution in [0.5, 0.6) is 0 Å². The second-order valence-corrected chi connectivity index (χ2v) is 7.42. The first-order chi connectivity index (χ1) is 10.3. The van der Waals surface area contributed by atoms with Gasteiger partial charge in [-0.05, 0) is 44.4 Å². The molecule has 1 N–H and O–H groups in total. The normalized spacial score (nSPS) is 43.4. The Morgan fingerprint density at radius 3 is 2.67 bits per heavy atom. The second kappa shape index (κ2) is 5.54. The molecular weight excluding hydrogens is 264 g/mol. The highest BCUT2D eigenvalue weighted by molar-refractivity contribution is 5.84. The van der Waals surface area contributed by atoms with Gasteiger partial charge in [0.15, 0.2) is 0 Å². The fourth-order valence-electron chi connectivity index (χ4n) is 5.08. The number of hydrogen-bond acceptors (Lipinski definition) is 3. The summed E-state index contributed by atoms with van der Waals surface area (Å²) in [5.41, 5.74) is 0. The molecule has 1 saturated carbocycles. The lowest BCUT2D eigenvalue weighted by Crippen LogP contribution is -2.51. The molecule has 4 aliphatic rings. The minimum absolute atomic E-state index is 0.0553. The first kappa shape index (κ1) is 14.0. The van der Waals surface area contributed by atoms with Crippen molar-refractivity contribution >= 4 is 5.91 Å². The Balaban J connectivity index is 1.56. The van der Waals surface area contributed by atoms with Gasteiger partial charge in [0.2, 0.25) is 5.91 Å². The monoisotopic (exact) mass is 292 g/mol. The maximum Gasteiger partial charge on any atom is 0.241 e. The van der Waals surface area contributed by atoms with Crippen molar-refractivity contribution < 1.29 is 9.53 Å². The van der Waals surface area contributed by atoms with Crippen molar-refractivity contribution in [3.8, 4) is 0 Å². The Labute approximate surface area is 127 Å². The molecular formula is C17H28N2O2. The van der Waals surface area contributed by atoms with Crippen molar-refractivity contribution in [3.05, 3.63) is 0 Å². The standard InChI is InChI=1S/C17H28N2O2/c1-2-5-13-17(20)19(14-10-12-8-9-15(14)21-12)16(18-13)11-6-3-4-7-11/h11-16,18H,2-10H2,1H3. The Hall–Kier alpha value is -0.610. The van der Waals surface area contributed by atoms with Gasteiger partial charge in [-0.15, -0.1) is 0 Å². The van der Waals surface area contributed by atoms with Crippen LogP contribution in [0.25, 0.3) is 0 Å². The maximum atomic E-state index is 12.9. The molecule has 5 atom stereocenters. The molecule has 1 amide bonds. The Bertz CT molecular complexity index is 408. The van der Waals surface area contributed by atoms with Crippen LogP contribution in [0.2, 0.25) is 0 Å². The molecule has 4 rings (SSSR count). The van der Waals surface area contributed by atoms with E-state index in [0.717, 1.165) is 25.7 Å². The molecule has 3 saturated heterocycles. The van der Waals surface area contributed by atoms with Crippen LogP contribution in [0.1, 0.15) is 64.7 Å². The van der Waals surface area contributed by atoms with Crippen LogP contribution in [-0.2, 0) is 9.53 Å². The van der Waals surface area contributed by atoms with E-state index in [-0.39, 0.29) is 12.2 Å². The van der Waals surface area contributed by atoms with Crippen molar-refractivity contribution in [2.24, 2.45) is 5.92 Å². The molecule has 118 valence electrons. The predicted molar refractivity (Wildman–Crippen MR) is 80.7 cm³/mol. The van der Waals surface area contributed by atoms with E-state index in [1.807, 2.05) is 0 Å². The maximum absolute atomic E-state index is 12.9. The smallest absolute Gasteiger partial charge is 0.241 e. The number of rotatable bonds is 4. The number of amides is 1. The van der Waals surface area contributed by atoms with Crippen LogP contribution in [-0.4, -0.2) is 41.3 Å². The quantitative estimate of drug-likeness (QED) is 0.865. The number of hydrogen-bond donors (Lipinski definition) is 1. The van der Waals surface area contributed by atoms with E-state index in [2.05, 4.69) is 17.1 Å². The molecule has 0 aromatic carbocycles. The highest BCUT2D eigenvalue weighted by Gasteiger charge is 2.52. The lowest BCUT2D eigenvalue weighted by Gasteiger charge is -2.36. The lowest BCUT2D eigenvalue weighted by atomic mass is 9.92. The molecule has 2 bridgehead atoms. The van der Waals surface area contributed by atoms with E-state index >= 15 is 0 Å². The summed E-state index contributed by atoms with van der Waals surface area (Å²) in [6.45, 7) is 2.17. The van der Waals surface area contributed by atoms with Gasteiger partial charge in [0.05, 0.1) is 30.5 Å². The second-order valence-electron chi connectivity index (χ2n) is 7.42. The number of nitrogens with zero attached hydrogens (tertiary/aromatic N) is 1. The van der Waals surface area contributed by atoms with Gasteiger partial charge in [-0.3, -0.25) is 10.1 Å². The third kappa shape index (κ3) is 2.31. The molecule has 4 heteroatoms. The zero-order valence-corrected chi connectivity index (χ0v) is 13.1. The van der Waals surface area contributed by atoms with Crippen LogP contribution in [0.4, 0.5) is 0 Å². The molecule has 5 unspecified atom stereocenters. The lowest BCUT2D eigenvalue weighted by molar-refractivity contribution is -0.134. The first-order valence-corrected chi connectivity index (χ1v) is 9.01. The molecule has 21 heavy (non-hydrogen) atoms. The van der Waals surface area contributed by atoms with E-state index in [9.17, 15) is 4.79 Å². The summed E-state index contributed by atoms with van der Waals surface area (Å²) >= 11 is 0. The van der Waals surface area contributed by atoms with E-state index in [4.69, 9.17) is 4.74 Å². The highest BCUT2D eigenvalue weighted by Crippen LogP contribution is 2.42. The van der Waals surface area contributed by atoms with Gasteiger partial charge < -0.3 is 9.64 Å². The number of fused-ring (bicyclic) bond motifs is 2.